The van der Waals surface area contributed by atoms with E-state index in [0.717, 1.165) is 46.3 Å². The van der Waals surface area contributed by atoms with Crippen LogP contribution in [-0.2, 0) is 6.42 Å². The Kier molecular flexibility index (Phi) is 3.68. The van der Waals surface area contributed by atoms with Crippen LogP contribution in [0.1, 0.15) is 15.9 Å². The van der Waals surface area contributed by atoms with Crippen molar-refractivity contribution < 1.29 is 4.79 Å². The van der Waals surface area contributed by atoms with E-state index in [1.807, 2.05) is 44.4 Å². The van der Waals surface area contributed by atoms with Gasteiger partial charge in [0.15, 0.2) is 0 Å². The summed E-state index contributed by atoms with van der Waals surface area (Å²) in [5, 5.41) is 2.06. The van der Waals surface area contributed by atoms with E-state index in [1.54, 1.807) is 10.6 Å². The van der Waals surface area contributed by atoms with Crippen LogP contribution in [0.15, 0.2) is 36.4 Å². The van der Waals surface area contributed by atoms with Crippen LogP contribution >= 0.6 is 23.2 Å². The minimum absolute atomic E-state index is 0.0139. The lowest BCUT2D eigenvalue weighted by molar-refractivity contribution is 0.0973. The molecule has 0 fully saturated rings. The molecule has 3 aromatic rings. The molecule has 122 valence electrons. The minimum Gasteiger partial charge on any atom is -0.309 e. The third kappa shape index (κ3) is 2.20. The maximum Gasteiger partial charge on any atom is 0.263 e. The average Bonchev–Trinajstić information content (AvgIpc) is 3.00. The van der Waals surface area contributed by atoms with Crippen LogP contribution in [0.3, 0.4) is 0 Å². The lowest BCUT2D eigenvalue weighted by Crippen LogP contribution is -2.15. The van der Waals surface area contributed by atoms with Crippen molar-refractivity contribution in [3.63, 3.8) is 0 Å². The van der Waals surface area contributed by atoms with E-state index in [9.17, 15) is 4.79 Å². The van der Waals surface area contributed by atoms with Gasteiger partial charge in [-0.15, -0.1) is 0 Å². The Morgan fingerprint density at radius 2 is 1.79 bits per heavy atom. The van der Waals surface area contributed by atoms with Crippen molar-refractivity contribution in [3.05, 3.63) is 57.6 Å². The van der Waals surface area contributed by atoms with Crippen LogP contribution < -0.4 is 0 Å². The number of halogens is 2. The van der Waals surface area contributed by atoms with Gasteiger partial charge in [0.1, 0.15) is 0 Å². The van der Waals surface area contributed by atoms with Crippen molar-refractivity contribution in [2.24, 2.45) is 0 Å². The average molecular weight is 359 g/mol. The number of carbonyl (C=O) groups excluding carboxylic acids is 1. The Balaban J connectivity index is 2.09. The molecule has 0 saturated carbocycles. The number of carbonyl (C=O) groups is 1. The van der Waals surface area contributed by atoms with E-state index < -0.39 is 0 Å². The van der Waals surface area contributed by atoms with Gasteiger partial charge in [0, 0.05) is 28.1 Å². The van der Waals surface area contributed by atoms with Crippen molar-refractivity contribution in [2.75, 3.05) is 20.6 Å². The molecule has 1 aliphatic rings. The Bertz CT molecular complexity index is 989. The van der Waals surface area contributed by atoms with Gasteiger partial charge in [-0.1, -0.05) is 41.4 Å². The third-order valence-corrected chi connectivity index (χ3v) is 5.03. The van der Waals surface area contributed by atoms with Crippen molar-refractivity contribution >= 4 is 40.0 Å². The van der Waals surface area contributed by atoms with E-state index in [1.165, 1.54) is 0 Å². The highest BCUT2D eigenvalue weighted by Gasteiger charge is 2.32. The molecule has 1 aromatic heterocycles. The molecule has 0 bridgehead atoms. The number of fused-ring (bicyclic) bond motifs is 5. The summed E-state index contributed by atoms with van der Waals surface area (Å²) in [6.45, 7) is 0.876. The summed E-state index contributed by atoms with van der Waals surface area (Å²) < 4.78 is 1.77. The lowest BCUT2D eigenvalue weighted by atomic mass is 10.00. The van der Waals surface area contributed by atoms with Gasteiger partial charge in [0.05, 0.1) is 16.2 Å². The lowest BCUT2D eigenvalue weighted by Gasteiger charge is -2.11. The van der Waals surface area contributed by atoms with E-state index >= 15 is 0 Å². The van der Waals surface area contributed by atoms with E-state index in [-0.39, 0.29) is 5.91 Å². The van der Waals surface area contributed by atoms with E-state index in [0.29, 0.717) is 10.0 Å². The molecule has 2 aromatic carbocycles. The smallest absolute Gasteiger partial charge is 0.263 e. The van der Waals surface area contributed by atoms with Gasteiger partial charge >= 0.3 is 0 Å². The standard InChI is InChI=1S/C19H16Cl2N2O/c1-22(2)8-7-14-17-15(21)9-11(20)10-16(17)23-18(14)12-5-3-4-6-13(12)19(23)24/h3-6,9-10H,7-8H2,1-2H3. The first-order chi connectivity index (χ1) is 11.5. The molecular formula is C19H16Cl2N2O. The Labute approximate surface area is 150 Å². The summed E-state index contributed by atoms with van der Waals surface area (Å²) in [6, 6.07) is 11.3. The van der Waals surface area contributed by atoms with E-state index in [2.05, 4.69) is 4.90 Å². The van der Waals surface area contributed by atoms with Gasteiger partial charge in [-0.3, -0.25) is 9.36 Å². The van der Waals surface area contributed by atoms with Gasteiger partial charge in [0.2, 0.25) is 0 Å². The van der Waals surface area contributed by atoms with Crippen LogP contribution in [-0.4, -0.2) is 36.0 Å². The SMILES string of the molecule is CN(C)CCc1c2n(c3cc(Cl)cc(Cl)c13)C(=O)c1ccccc1-2. The molecule has 2 heterocycles. The molecule has 0 saturated heterocycles. The van der Waals surface area contributed by atoms with Crippen LogP contribution in [0.4, 0.5) is 0 Å². The number of likely N-dealkylation sites (N-methyl/N-ethyl adjacent to an activating group) is 1. The van der Waals surface area contributed by atoms with Crippen molar-refractivity contribution in [3.8, 4) is 11.3 Å². The van der Waals surface area contributed by atoms with Gasteiger partial charge < -0.3 is 4.90 Å². The summed E-state index contributed by atoms with van der Waals surface area (Å²) in [4.78, 5) is 15.1. The fourth-order valence-corrected chi connectivity index (χ4v) is 4.07. The minimum atomic E-state index is -0.0139. The molecule has 0 radical (unpaired) electrons. The molecular weight excluding hydrogens is 343 g/mol. The topological polar surface area (TPSA) is 25.2 Å². The second kappa shape index (κ2) is 5.62. The van der Waals surface area contributed by atoms with Crippen molar-refractivity contribution in [1.82, 2.24) is 9.47 Å². The zero-order valence-electron chi connectivity index (χ0n) is 13.4. The summed E-state index contributed by atoms with van der Waals surface area (Å²) in [7, 11) is 4.08. The van der Waals surface area contributed by atoms with Gasteiger partial charge in [-0.05, 0) is 44.3 Å². The predicted octanol–water partition coefficient (Wildman–Crippen LogP) is 4.72. The fraction of sp³-hybridized carbons (Fsp3) is 0.211. The Morgan fingerprint density at radius 3 is 2.50 bits per heavy atom. The molecule has 0 atom stereocenters. The molecule has 24 heavy (non-hydrogen) atoms. The summed E-state index contributed by atoms with van der Waals surface area (Å²) in [5.41, 5.74) is 4.56. The number of aromatic nitrogens is 1. The molecule has 0 spiro atoms. The van der Waals surface area contributed by atoms with Crippen LogP contribution in [0, 0.1) is 0 Å². The quantitative estimate of drug-likeness (QED) is 0.529. The number of benzene rings is 2. The maximum absolute atomic E-state index is 12.9. The van der Waals surface area contributed by atoms with Crippen LogP contribution in [0.5, 0.6) is 0 Å². The van der Waals surface area contributed by atoms with Crippen LogP contribution in [0.2, 0.25) is 10.0 Å². The highest BCUT2D eigenvalue weighted by molar-refractivity contribution is 6.39. The second-order valence-electron chi connectivity index (χ2n) is 6.35. The number of hydrogen-bond donors (Lipinski definition) is 0. The number of nitrogens with zero attached hydrogens (tertiary/aromatic N) is 2. The second-order valence-corrected chi connectivity index (χ2v) is 7.19. The molecule has 5 heteroatoms. The fourth-order valence-electron chi connectivity index (χ4n) is 3.48. The summed E-state index contributed by atoms with van der Waals surface area (Å²) in [5.74, 6) is -0.0139. The zero-order chi connectivity index (χ0) is 17.0. The largest absolute Gasteiger partial charge is 0.309 e. The van der Waals surface area contributed by atoms with Gasteiger partial charge in [0.25, 0.3) is 5.91 Å². The first kappa shape index (κ1) is 15.7. The summed E-state index contributed by atoms with van der Waals surface area (Å²) in [6.07, 6.45) is 0.814. The number of rotatable bonds is 3. The maximum atomic E-state index is 12.9. The molecule has 1 aliphatic heterocycles. The highest BCUT2D eigenvalue weighted by Crippen LogP contribution is 2.44. The van der Waals surface area contributed by atoms with Crippen LogP contribution in [0.25, 0.3) is 22.2 Å². The molecule has 0 aliphatic carbocycles. The Hall–Kier alpha value is -1.81. The first-order valence-electron chi connectivity index (χ1n) is 7.80. The molecule has 4 rings (SSSR count). The Morgan fingerprint density at radius 1 is 1.08 bits per heavy atom. The molecule has 0 N–H and O–H groups in total. The first-order valence-corrected chi connectivity index (χ1v) is 8.56. The summed E-state index contributed by atoms with van der Waals surface area (Å²) >= 11 is 12.7. The predicted molar refractivity (Wildman–Crippen MR) is 99.4 cm³/mol. The molecule has 0 amide bonds. The van der Waals surface area contributed by atoms with Crippen molar-refractivity contribution in [1.29, 1.82) is 0 Å². The highest BCUT2D eigenvalue weighted by atomic mass is 35.5. The zero-order valence-corrected chi connectivity index (χ0v) is 14.9. The van der Waals surface area contributed by atoms with Gasteiger partial charge in [-0.25, -0.2) is 0 Å². The molecule has 0 unspecified atom stereocenters. The third-order valence-electron chi connectivity index (χ3n) is 4.51. The number of hydrogen-bond acceptors (Lipinski definition) is 2. The monoisotopic (exact) mass is 358 g/mol. The van der Waals surface area contributed by atoms with E-state index in [4.69, 9.17) is 23.2 Å². The van der Waals surface area contributed by atoms with Gasteiger partial charge in [-0.2, -0.15) is 0 Å². The normalized spacial score (nSPS) is 13.0. The van der Waals surface area contributed by atoms with Crippen molar-refractivity contribution in [2.45, 2.75) is 6.42 Å². The molecule has 3 nitrogen and oxygen atoms in total.